The van der Waals surface area contributed by atoms with Gasteiger partial charge in [-0.2, -0.15) is 0 Å². The summed E-state index contributed by atoms with van der Waals surface area (Å²) >= 11 is 2.70. The molecule has 41 heavy (non-hydrogen) atoms. The number of allylic oxidation sites excluding steroid dienone is 1. The number of thiophene rings is 1. The lowest BCUT2D eigenvalue weighted by Gasteiger charge is -2.23. The minimum Gasteiger partial charge on any atom is -0.493 e. The van der Waals surface area contributed by atoms with Gasteiger partial charge in [-0.25, -0.2) is 9.79 Å². The van der Waals surface area contributed by atoms with Gasteiger partial charge in [-0.3, -0.25) is 19.5 Å². The summed E-state index contributed by atoms with van der Waals surface area (Å²) < 4.78 is 18.7. The lowest BCUT2D eigenvalue weighted by molar-refractivity contribution is -0.384. The fourth-order valence-corrected chi connectivity index (χ4v) is 6.30. The van der Waals surface area contributed by atoms with E-state index in [0.717, 1.165) is 10.4 Å². The molecule has 0 amide bonds. The van der Waals surface area contributed by atoms with Crippen molar-refractivity contribution in [3.05, 3.63) is 117 Å². The van der Waals surface area contributed by atoms with Crippen LogP contribution in [0, 0.1) is 10.1 Å². The summed E-state index contributed by atoms with van der Waals surface area (Å²) in [6.07, 6.45) is 1.75. The number of non-ortho nitro benzene ring substituents is 1. The van der Waals surface area contributed by atoms with Crippen LogP contribution in [-0.2, 0) is 16.1 Å². The topological polar surface area (TPSA) is 122 Å². The van der Waals surface area contributed by atoms with Crippen LogP contribution < -0.4 is 24.4 Å². The first-order valence-electron chi connectivity index (χ1n) is 12.6. The molecular weight excluding hydrogens is 566 g/mol. The van der Waals surface area contributed by atoms with Gasteiger partial charge in [-0.15, -0.1) is 11.3 Å². The summed E-state index contributed by atoms with van der Waals surface area (Å²) in [5, 5.41) is 12.8. The number of nitro benzene ring substituents is 1. The molecule has 12 heteroatoms. The highest BCUT2D eigenvalue weighted by atomic mass is 32.1. The number of esters is 1. The fraction of sp³-hybridized carbons (Fsp3) is 0.207. The number of carbonyl (C=O) groups is 1. The Morgan fingerprint density at radius 2 is 1.95 bits per heavy atom. The largest absolute Gasteiger partial charge is 0.493 e. The molecule has 0 bridgehead atoms. The van der Waals surface area contributed by atoms with Crippen molar-refractivity contribution in [1.82, 2.24) is 4.57 Å². The molecule has 0 saturated carbocycles. The van der Waals surface area contributed by atoms with Crippen molar-refractivity contribution >= 4 is 40.4 Å². The molecule has 2 aromatic heterocycles. The minimum atomic E-state index is -0.628. The van der Waals surface area contributed by atoms with E-state index in [2.05, 4.69) is 4.99 Å². The molecule has 0 unspecified atom stereocenters. The van der Waals surface area contributed by atoms with Crippen molar-refractivity contribution in [2.45, 2.75) is 26.5 Å². The molecule has 5 rings (SSSR count). The summed E-state index contributed by atoms with van der Waals surface area (Å²) in [5.74, 6) is 0.456. The Balaban J connectivity index is 1.47. The number of methoxy groups -OCH3 is 1. The van der Waals surface area contributed by atoms with Gasteiger partial charge in [0.25, 0.3) is 11.2 Å². The molecule has 0 N–H and O–H groups in total. The smallest absolute Gasteiger partial charge is 0.338 e. The van der Waals surface area contributed by atoms with Crippen molar-refractivity contribution < 1.29 is 23.9 Å². The summed E-state index contributed by atoms with van der Waals surface area (Å²) in [5.41, 5.74) is 2.09. The number of fused-ring (bicyclic) bond motifs is 1. The molecule has 1 atom stereocenters. The number of thiazole rings is 1. The van der Waals surface area contributed by atoms with Gasteiger partial charge in [0.2, 0.25) is 0 Å². The molecule has 0 aliphatic carbocycles. The molecule has 3 heterocycles. The highest BCUT2D eigenvalue weighted by molar-refractivity contribution is 7.10. The van der Waals surface area contributed by atoms with Crippen LogP contribution in [0.4, 0.5) is 5.69 Å². The first-order valence-corrected chi connectivity index (χ1v) is 14.3. The van der Waals surface area contributed by atoms with Crippen LogP contribution in [0.25, 0.3) is 6.08 Å². The van der Waals surface area contributed by atoms with Crippen molar-refractivity contribution in [2.24, 2.45) is 4.99 Å². The van der Waals surface area contributed by atoms with Gasteiger partial charge >= 0.3 is 5.97 Å². The molecule has 210 valence electrons. The van der Waals surface area contributed by atoms with Crippen LogP contribution >= 0.6 is 22.7 Å². The number of nitrogens with zero attached hydrogens (tertiary/aromatic N) is 3. The average molecular weight is 592 g/mol. The Morgan fingerprint density at radius 3 is 2.61 bits per heavy atom. The van der Waals surface area contributed by atoms with Crippen molar-refractivity contribution in [1.29, 1.82) is 0 Å². The van der Waals surface area contributed by atoms with Crippen LogP contribution in [0.1, 0.15) is 35.9 Å². The minimum absolute atomic E-state index is 0.00921. The summed E-state index contributed by atoms with van der Waals surface area (Å²) in [7, 11) is 1.52. The number of carbonyl (C=O) groups excluding carboxylic acids is 1. The normalized spacial score (nSPS) is 14.8. The molecule has 0 fully saturated rings. The van der Waals surface area contributed by atoms with E-state index in [1.165, 1.54) is 41.9 Å². The molecule has 4 aromatic rings. The van der Waals surface area contributed by atoms with E-state index < -0.39 is 16.9 Å². The predicted molar refractivity (Wildman–Crippen MR) is 155 cm³/mol. The van der Waals surface area contributed by atoms with Gasteiger partial charge in [0.1, 0.15) is 12.6 Å². The average Bonchev–Trinajstić information content (AvgIpc) is 3.60. The van der Waals surface area contributed by atoms with E-state index in [1.807, 2.05) is 17.5 Å². The Hall–Kier alpha value is -4.55. The molecular formula is C29H25N3O7S2. The predicted octanol–water partition coefficient (Wildman–Crippen LogP) is 4.36. The maximum absolute atomic E-state index is 13.7. The Morgan fingerprint density at radius 1 is 1.17 bits per heavy atom. The van der Waals surface area contributed by atoms with Gasteiger partial charge in [-0.1, -0.05) is 23.5 Å². The second-order valence-corrected chi connectivity index (χ2v) is 10.9. The second kappa shape index (κ2) is 11.9. The summed E-state index contributed by atoms with van der Waals surface area (Å²) in [4.78, 5) is 43.0. The summed E-state index contributed by atoms with van der Waals surface area (Å²) in [6, 6.07) is 14.6. The monoisotopic (exact) mass is 591 g/mol. The van der Waals surface area contributed by atoms with Crippen LogP contribution in [0.5, 0.6) is 11.5 Å². The maximum atomic E-state index is 13.7. The quantitative estimate of drug-likeness (QED) is 0.161. The zero-order valence-electron chi connectivity index (χ0n) is 22.4. The number of hydrogen-bond donors (Lipinski definition) is 0. The summed E-state index contributed by atoms with van der Waals surface area (Å²) in [6.45, 7) is 3.90. The lowest BCUT2D eigenvalue weighted by atomic mass is 10.0. The number of rotatable bonds is 9. The third-order valence-electron chi connectivity index (χ3n) is 6.36. The molecule has 0 saturated heterocycles. The van der Waals surface area contributed by atoms with Gasteiger partial charge in [0.15, 0.2) is 16.3 Å². The van der Waals surface area contributed by atoms with Gasteiger partial charge < -0.3 is 14.2 Å². The molecule has 10 nitrogen and oxygen atoms in total. The van der Waals surface area contributed by atoms with E-state index in [-0.39, 0.29) is 24.5 Å². The van der Waals surface area contributed by atoms with Crippen LogP contribution in [0.2, 0.25) is 0 Å². The zero-order chi connectivity index (χ0) is 29.1. The lowest BCUT2D eigenvalue weighted by Crippen LogP contribution is -2.39. The van der Waals surface area contributed by atoms with Gasteiger partial charge in [0.05, 0.1) is 34.4 Å². The molecule has 1 aliphatic heterocycles. The Bertz CT molecular complexity index is 1820. The first kappa shape index (κ1) is 28.0. The van der Waals surface area contributed by atoms with E-state index in [1.54, 1.807) is 54.8 Å². The molecule has 0 radical (unpaired) electrons. The van der Waals surface area contributed by atoms with Crippen molar-refractivity contribution in [3.8, 4) is 11.5 Å². The maximum Gasteiger partial charge on any atom is 0.338 e. The van der Waals surface area contributed by atoms with Crippen molar-refractivity contribution in [3.63, 3.8) is 0 Å². The molecule has 0 spiro atoms. The van der Waals surface area contributed by atoms with Crippen LogP contribution in [0.3, 0.4) is 0 Å². The van der Waals surface area contributed by atoms with Gasteiger partial charge in [0, 0.05) is 17.0 Å². The zero-order valence-corrected chi connectivity index (χ0v) is 24.0. The van der Waals surface area contributed by atoms with Crippen LogP contribution in [-0.4, -0.2) is 29.2 Å². The molecule has 1 aliphatic rings. The van der Waals surface area contributed by atoms with Gasteiger partial charge in [-0.05, 0) is 66.8 Å². The highest BCUT2D eigenvalue weighted by Gasteiger charge is 2.33. The molecule has 2 aromatic carbocycles. The van der Waals surface area contributed by atoms with E-state index >= 15 is 0 Å². The Labute approximate surface area is 242 Å². The third-order valence-corrected chi connectivity index (χ3v) is 8.26. The standard InChI is InChI=1S/C29H25N3O7S2/c1-4-38-28(34)25-17(2)30-29-31(26(25)23-6-5-13-40-23)27(33)24(41-29)15-19-9-12-21(22(14-19)37-3)39-16-18-7-10-20(11-8-18)32(35)36/h5-15,26H,4,16H2,1-3H3/b24-15+/t26-/m0/s1. The number of ether oxygens (including phenoxy) is 3. The van der Waals surface area contributed by atoms with E-state index in [9.17, 15) is 19.7 Å². The second-order valence-electron chi connectivity index (χ2n) is 8.94. The number of benzene rings is 2. The number of nitro groups is 1. The van der Waals surface area contributed by atoms with Crippen molar-refractivity contribution in [2.75, 3.05) is 13.7 Å². The third kappa shape index (κ3) is 5.70. The highest BCUT2D eigenvalue weighted by Crippen LogP contribution is 2.33. The first-order chi connectivity index (χ1) is 19.8. The SMILES string of the molecule is CCOC(=O)C1=C(C)N=c2s/c(=C/c3ccc(OCc4ccc([N+](=O)[O-])cc4)c(OC)c3)c(=O)n2[C@H]1c1cccs1. The van der Waals surface area contributed by atoms with Crippen LogP contribution in [0.15, 0.2) is 81.0 Å². The Kier molecular flexibility index (Phi) is 8.13. The number of aromatic nitrogens is 1. The van der Waals surface area contributed by atoms with E-state index in [0.29, 0.717) is 37.7 Å². The fourth-order valence-electron chi connectivity index (χ4n) is 4.43. The van der Waals surface area contributed by atoms with E-state index in [4.69, 9.17) is 14.2 Å². The number of hydrogen-bond acceptors (Lipinski definition) is 10.